The zero-order valence-electron chi connectivity index (χ0n) is 47.0. The SMILES string of the molecule is C=CCC/C=C\C/C=C/c1ccc(N(C)C(C)CC)cc1.CC.CCC1(CC)C2=C(C=CC(/C=C/c3ccc(N4CCCc5ccccc54)cc3)C2)c2ccc(/C=C/c3ccc(N4CCCc5ccccc54)cc3)cc21. The molecular formula is C73H85N3. The van der Waals surface area contributed by atoms with Gasteiger partial charge in [0.05, 0.1) is 0 Å². The van der Waals surface area contributed by atoms with Crippen molar-refractivity contribution in [1.82, 2.24) is 0 Å². The number of benzene rings is 6. The second-order valence-electron chi connectivity index (χ2n) is 20.8. The van der Waals surface area contributed by atoms with Crippen LogP contribution >= 0.6 is 0 Å². The zero-order chi connectivity index (χ0) is 53.3. The number of rotatable bonds is 17. The third-order valence-electron chi connectivity index (χ3n) is 16.4. The molecule has 0 N–H and O–H groups in total. The van der Waals surface area contributed by atoms with Crippen molar-refractivity contribution in [2.24, 2.45) is 5.92 Å². The van der Waals surface area contributed by atoms with Crippen molar-refractivity contribution in [2.75, 3.05) is 34.8 Å². The van der Waals surface area contributed by atoms with Gasteiger partial charge in [-0.1, -0.05) is 198 Å². The Bertz CT molecular complexity index is 3010. The number of nitrogens with zero attached hydrogens (tertiary/aromatic N) is 3. The van der Waals surface area contributed by atoms with Gasteiger partial charge in [0.2, 0.25) is 0 Å². The largest absolute Gasteiger partial charge is 0.372 e. The Morgan fingerprint density at radius 3 is 1.78 bits per heavy atom. The summed E-state index contributed by atoms with van der Waals surface area (Å²) in [5.74, 6) is 0.398. The minimum Gasteiger partial charge on any atom is -0.372 e. The van der Waals surface area contributed by atoms with Gasteiger partial charge in [-0.15, -0.1) is 6.58 Å². The van der Waals surface area contributed by atoms with Crippen molar-refractivity contribution in [3.8, 4) is 0 Å². The fourth-order valence-electron chi connectivity index (χ4n) is 11.7. The summed E-state index contributed by atoms with van der Waals surface area (Å²) in [6.07, 6.45) is 37.3. The molecule has 10 rings (SSSR count). The Morgan fingerprint density at radius 1 is 0.632 bits per heavy atom. The molecule has 0 saturated carbocycles. The van der Waals surface area contributed by atoms with Crippen molar-refractivity contribution in [1.29, 1.82) is 0 Å². The van der Waals surface area contributed by atoms with Gasteiger partial charge in [-0.25, -0.2) is 0 Å². The van der Waals surface area contributed by atoms with Crippen LogP contribution in [-0.4, -0.2) is 26.2 Å². The fourth-order valence-corrected chi connectivity index (χ4v) is 11.7. The quantitative estimate of drug-likeness (QED) is 0.0512. The Hall–Kier alpha value is -7.10. The molecule has 2 heterocycles. The molecule has 4 aliphatic rings. The van der Waals surface area contributed by atoms with E-state index < -0.39 is 0 Å². The predicted octanol–water partition coefficient (Wildman–Crippen LogP) is 20.0. The van der Waals surface area contributed by atoms with Gasteiger partial charge in [0.25, 0.3) is 0 Å². The number of anilines is 5. The fraction of sp³-hybridized carbons (Fsp3) is 0.315. The molecule has 2 atom stereocenters. The molecule has 3 nitrogen and oxygen atoms in total. The summed E-state index contributed by atoms with van der Waals surface area (Å²) in [7, 11) is 2.16. The van der Waals surface area contributed by atoms with Crippen molar-refractivity contribution in [2.45, 2.75) is 124 Å². The molecular weight excluding hydrogens is 919 g/mol. The summed E-state index contributed by atoms with van der Waals surface area (Å²) < 4.78 is 0. The van der Waals surface area contributed by atoms with Gasteiger partial charge in [-0.05, 0) is 182 Å². The van der Waals surface area contributed by atoms with E-state index in [4.69, 9.17) is 0 Å². The van der Waals surface area contributed by atoms with Crippen molar-refractivity contribution in [3.05, 3.63) is 239 Å². The number of para-hydroxylation sites is 2. The van der Waals surface area contributed by atoms with Crippen molar-refractivity contribution < 1.29 is 0 Å². The van der Waals surface area contributed by atoms with E-state index in [0.29, 0.717) is 12.0 Å². The van der Waals surface area contributed by atoms with E-state index in [-0.39, 0.29) is 5.41 Å². The molecule has 6 aromatic carbocycles. The van der Waals surface area contributed by atoms with Crippen LogP contribution < -0.4 is 14.7 Å². The summed E-state index contributed by atoms with van der Waals surface area (Å²) in [6.45, 7) is 19.1. The average molecular weight is 1000 g/mol. The molecule has 76 heavy (non-hydrogen) atoms. The first-order valence-corrected chi connectivity index (χ1v) is 28.9. The first-order valence-electron chi connectivity index (χ1n) is 28.9. The lowest BCUT2D eigenvalue weighted by Crippen LogP contribution is -2.27. The molecule has 0 saturated heterocycles. The van der Waals surface area contributed by atoms with Crippen LogP contribution in [0.1, 0.15) is 144 Å². The highest BCUT2D eigenvalue weighted by atomic mass is 15.1. The van der Waals surface area contributed by atoms with E-state index in [1.165, 1.54) is 104 Å². The third-order valence-corrected chi connectivity index (χ3v) is 16.4. The van der Waals surface area contributed by atoms with E-state index >= 15 is 0 Å². The lowest BCUT2D eigenvalue weighted by Gasteiger charge is -2.34. The minimum atomic E-state index is 0.0874. The second-order valence-corrected chi connectivity index (χ2v) is 20.8. The number of hydrogen-bond donors (Lipinski definition) is 0. The molecule has 0 amide bonds. The van der Waals surface area contributed by atoms with Gasteiger partial charge in [-0.3, -0.25) is 0 Å². The van der Waals surface area contributed by atoms with Crippen LogP contribution in [0.4, 0.5) is 28.4 Å². The maximum Gasteiger partial charge on any atom is 0.0443 e. The van der Waals surface area contributed by atoms with E-state index in [1.807, 2.05) is 19.9 Å². The molecule has 2 aliphatic heterocycles. The van der Waals surface area contributed by atoms with Gasteiger partial charge < -0.3 is 14.7 Å². The Balaban J connectivity index is 0.000000281. The molecule has 6 aromatic rings. The molecule has 0 spiro atoms. The Morgan fingerprint density at radius 2 is 1.18 bits per heavy atom. The summed E-state index contributed by atoms with van der Waals surface area (Å²) in [5.41, 5.74) is 20.6. The standard InChI is InChI=1S/C51H50N2.C20H29N.C2H6/c1-3-51(4-2)47-35-39(19-17-37-21-27-43(28-22-37)52-33-9-13-41-11-5-7-15-49(41)52)25-31-45(47)46-32-26-40(36-48(46)51)20-18-38-23-29-44(30-24-38)53-34-10-14-42-12-6-8-16-50(42)53;1-5-7-8-9-10-11-12-13-19-14-16-20(17-15-19)21(4)18(3)6-2;1-2/h5-8,11-12,15-32,35,40H,3-4,9-10,13-14,33-34,36H2,1-2H3;5,9-10,12-18H,1,6-8,11H2,2-4H3;1-2H3/b19-17+,20-18+;10-9-,13-12+;. The van der Waals surface area contributed by atoms with Gasteiger partial charge in [-0.2, -0.15) is 0 Å². The molecule has 2 aliphatic carbocycles. The number of unbranched alkanes of at least 4 members (excludes halogenated alkanes) is 1. The van der Waals surface area contributed by atoms with Crippen LogP contribution in [0.25, 0.3) is 29.9 Å². The predicted molar refractivity (Wildman–Crippen MR) is 335 cm³/mol. The van der Waals surface area contributed by atoms with Crippen molar-refractivity contribution >= 4 is 58.3 Å². The maximum atomic E-state index is 3.72. The van der Waals surface area contributed by atoms with Crippen LogP contribution in [0, 0.1) is 5.92 Å². The lowest BCUT2D eigenvalue weighted by molar-refractivity contribution is 0.453. The summed E-state index contributed by atoms with van der Waals surface area (Å²) in [4.78, 5) is 7.28. The number of hydrogen-bond acceptors (Lipinski definition) is 3. The maximum absolute atomic E-state index is 3.72. The number of aryl methyl sites for hydroxylation is 2. The number of allylic oxidation sites excluding steroid dienone is 9. The molecule has 0 fully saturated rings. The normalized spacial score (nSPS) is 16.7. The van der Waals surface area contributed by atoms with E-state index in [1.54, 1.807) is 5.57 Å². The highest BCUT2D eigenvalue weighted by Gasteiger charge is 2.43. The zero-order valence-corrected chi connectivity index (χ0v) is 47.0. The second kappa shape index (κ2) is 27.1. The monoisotopic (exact) mass is 1000 g/mol. The Kier molecular flexibility index (Phi) is 19.7. The molecule has 0 aromatic heterocycles. The van der Waals surface area contributed by atoms with Crippen LogP contribution in [0.5, 0.6) is 0 Å². The first-order chi connectivity index (χ1) is 37.3. The summed E-state index contributed by atoms with van der Waals surface area (Å²) >= 11 is 0. The van der Waals surface area contributed by atoms with E-state index in [2.05, 4.69) is 256 Å². The molecule has 392 valence electrons. The number of fused-ring (bicyclic) bond motifs is 4. The van der Waals surface area contributed by atoms with Gasteiger partial charge in [0.1, 0.15) is 0 Å². The lowest BCUT2D eigenvalue weighted by atomic mass is 9.69. The average Bonchev–Trinajstić information content (AvgIpc) is 3.79. The summed E-state index contributed by atoms with van der Waals surface area (Å²) in [5, 5.41) is 0. The first kappa shape index (κ1) is 55.1. The van der Waals surface area contributed by atoms with E-state index in [9.17, 15) is 0 Å². The van der Waals surface area contributed by atoms with Crippen molar-refractivity contribution in [3.63, 3.8) is 0 Å². The minimum absolute atomic E-state index is 0.0874. The third kappa shape index (κ3) is 12.9. The smallest absolute Gasteiger partial charge is 0.0443 e. The molecule has 0 radical (unpaired) electrons. The van der Waals surface area contributed by atoms with Gasteiger partial charge in [0, 0.05) is 60.0 Å². The van der Waals surface area contributed by atoms with Crippen LogP contribution in [0.3, 0.4) is 0 Å². The molecule has 0 bridgehead atoms. The van der Waals surface area contributed by atoms with Gasteiger partial charge >= 0.3 is 0 Å². The Labute approximate surface area is 459 Å². The molecule has 3 heteroatoms. The van der Waals surface area contributed by atoms with Crippen LogP contribution in [0.2, 0.25) is 0 Å². The van der Waals surface area contributed by atoms with E-state index in [0.717, 1.165) is 58.0 Å². The molecule has 2 unspecified atom stereocenters. The summed E-state index contributed by atoms with van der Waals surface area (Å²) in [6, 6.07) is 52.5. The topological polar surface area (TPSA) is 9.72 Å². The van der Waals surface area contributed by atoms with Crippen LogP contribution in [-0.2, 0) is 18.3 Å². The van der Waals surface area contributed by atoms with Crippen LogP contribution in [0.15, 0.2) is 194 Å². The van der Waals surface area contributed by atoms with Gasteiger partial charge in [0.15, 0.2) is 0 Å². The highest BCUT2D eigenvalue weighted by Crippen LogP contribution is 2.55. The highest BCUT2D eigenvalue weighted by molar-refractivity contribution is 5.88.